The average Bonchev–Trinajstić information content (AvgIpc) is 2.86. The summed E-state index contributed by atoms with van der Waals surface area (Å²) in [7, 11) is 0. The van der Waals surface area contributed by atoms with Crippen molar-refractivity contribution >= 4 is 22.9 Å². The van der Waals surface area contributed by atoms with E-state index in [9.17, 15) is 0 Å². The highest BCUT2D eigenvalue weighted by molar-refractivity contribution is 7.10. The summed E-state index contributed by atoms with van der Waals surface area (Å²) < 4.78 is 0. The van der Waals surface area contributed by atoms with Gasteiger partial charge in [0.05, 0.1) is 0 Å². The van der Waals surface area contributed by atoms with Crippen molar-refractivity contribution in [1.29, 1.82) is 0 Å². The van der Waals surface area contributed by atoms with Crippen molar-refractivity contribution in [3.8, 4) is 0 Å². The molecule has 1 heterocycles. The van der Waals surface area contributed by atoms with Gasteiger partial charge < -0.3 is 5.32 Å². The molecular weight excluding hydrogens is 274 g/mol. The number of benzene rings is 1. The molecule has 3 rings (SSSR count). The van der Waals surface area contributed by atoms with Gasteiger partial charge in [-0.15, -0.1) is 11.3 Å². The molecule has 0 bridgehead atoms. The van der Waals surface area contributed by atoms with Gasteiger partial charge in [0, 0.05) is 22.5 Å². The van der Waals surface area contributed by atoms with Gasteiger partial charge in [0.25, 0.3) is 0 Å². The van der Waals surface area contributed by atoms with E-state index in [0.717, 1.165) is 11.6 Å². The molecule has 100 valence electrons. The van der Waals surface area contributed by atoms with E-state index in [0.29, 0.717) is 6.04 Å². The van der Waals surface area contributed by atoms with Crippen LogP contribution in [0.15, 0.2) is 29.6 Å². The van der Waals surface area contributed by atoms with Crippen LogP contribution in [0.2, 0.25) is 5.02 Å². The van der Waals surface area contributed by atoms with Gasteiger partial charge in [-0.1, -0.05) is 17.7 Å². The molecule has 0 saturated carbocycles. The summed E-state index contributed by atoms with van der Waals surface area (Å²) in [5.74, 6) is 0. The van der Waals surface area contributed by atoms with Gasteiger partial charge in [0.2, 0.25) is 0 Å². The fourth-order valence-electron chi connectivity index (χ4n) is 2.79. The number of nitrogens with one attached hydrogen (secondary N) is 1. The number of hydrogen-bond donors (Lipinski definition) is 1. The van der Waals surface area contributed by atoms with Crippen LogP contribution in [0.25, 0.3) is 0 Å². The fraction of sp³-hybridized carbons (Fsp3) is 0.375. The second-order valence-corrected chi connectivity index (χ2v) is 6.63. The summed E-state index contributed by atoms with van der Waals surface area (Å²) in [6, 6.07) is 8.94. The summed E-state index contributed by atoms with van der Waals surface area (Å²) in [4.78, 5) is 1.57. The Balaban J connectivity index is 1.71. The van der Waals surface area contributed by atoms with Crippen LogP contribution in [-0.4, -0.2) is 0 Å². The van der Waals surface area contributed by atoms with Crippen molar-refractivity contribution in [1.82, 2.24) is 5.32 Å². The summed E-state index contributed by atoms with van der Waals surface area (Å²) in [6.07, 6.45) is 3.80. The lowest BCUT2D eigenvalue weighted by atomic mass is 9.94. The first-order chi connectivity index (χ1) is 9.24. The first kappa shape index (κ1) is 13.2. The maximum Gasteiger partial charge on any atom is 0.0408 e. The van der Waals surface area contributed by atoms with Crippen molar-refractivity contribution in [2.45, 2.75) is 38.8 Å². The number of fused-ring (bicyclic) bond motifs is 1. The van der Waals surface area contributed by atoms with Crippen LogP contribution in [0.3, 0.4) is 0 Å². The Morgan fingerprint density at radius 1 is 1.37 bits per heavy atom. The molecule has 0 radical (unpaired) electrons. The van der Waals surface area contributed by atoms with Gasteiger partial charge in [0.15, 0.2) is 0 Å². The van der Waals surface area contributed by atoms with Crippen LogP contribution in [0.5, 0.6) is 0 Å². The summed E-state index contributed by atoms with van der Waals surface area (Å²) >= 11 is 7.90. The van der Waals surface area contributed by atoms with E-state index in [1.54, 1.807) is 4.88 Å². The molecule has 1 aromatic heterocycles. The van der Waals surface area contributed by atoms with E-state index in [2.05, 4.69) is 29.8 Å². The van der Waals surface area contributed by atoms with E-state index in [1.165, 1.54) is 36.0 Å². The van der Waals surface area contributed by atoms with Crippen molar-refractivity contribution in [2.75, 3.05) is 0 Å². The zero-order chi connectivity index (χ0) is 13.2. The SMILES string of the molecule is Cc1cc(Cl)ccc1CNC1CCCc2sccc21. The Morgan fingerprint density at radius 2 is 2.26 bits per heavy atom. The molecule has 1 atom stereocenters. The first-order valence-corrected chi connectivity index (χ1v) is 8.04. The number of hydrogen-bond acceptors (Lipinski definition) is 2. The van der Waals surface area contributed by atoms with Crippen molar-refractivity contribution < 1.29 is 0 Å². The molecule has 0 aliphatic heterocycles. The van der Waals surface area contributed by atoms with E-state index < -0.39 is 0 Å². The van der Waals surface area contributed by atoms with E-state index >= 15 is 0 Å². The zero-order valence-electron chi connectivity index (χ0n) is 11.1. The first-order valence-electron chi connectivity index (χ1n) is 6.79. The third kappa shape index (κ3) is 2.86. The minimum Gasteiger partial charge on any atom is -0.306 e. The lowest BCUT2D eigenvalue weighted by Gasteiger charge is -2.24. The molecule has 19 heavy (non-hydrogen) atoms. The van der Waals surface area contributed by atoms with Crippen LogP contribution in [0.1, 0.15) is 40.5 Å². The second kappa shape index (κ2) is 5.66. The molecule has 1 aliphatic carbocycles. The monoisotopic (exact) mass is 291 g/mol. The minimum atomic E-state index is 0.519. The van der Waals surface area contributed by atoms with Crippen LogP contribution < -0.4 is 5.32 Å². The van der Waals surface area contributed by atoms with Gasteiger partial charge >= 0.3 is 0 Å². The molecule has 1 N–H and O–H groups in total. The molecule has 0 amide bonds. The van der Waals surface area contributed by atoms with Gasteiger partial charge in [-0.2, -0.15) is 0 Å². The van der Waals surface area contributed by atoms with Crippen LogP contribution >= 0.6 is 22.9 Å². The third-order valence-corrected chi connectivity index (χ3v) is 5.13. The van der Waals surface area contributed by atoms with Crippen LogP contribution in [0.4, 0.5) is 0 Å². The maximum absolute atomic E-state index is 6.00. The third-order valence-electron chi connectivity index (χ3n) is 3.90. The number of thiophene rings is 1. The standard InChI is InChI=1S/C16H18ClNS/c1-11-9-13(17)6-5-12(11)10-18-15-3-2-4-16-14(15)7-8-19-16/h5-9,15,18H,2-4,10H2,1H3. The quantitative estimate of drug-likeness (QED) is 0.850. The Morgan fingerprint density at radius 3 is 3.11 bits per heavy atom. The van der Waals surface area contributed by atoms with E-state index in [-0.39, 0.29) is 0 Å². The van der Waals surface area contributed by atoms with Gasteiger partial charge in [-0.05, 0) is 66.5 Å². The highest BCUT2D eigenvalue weighted by atomic mass is 35.5. The lowest BCUT2D eigenvalue weighted by molar-refractivity contribution is 0.462. The second-order valence-electron chi connectivity index (χ2n) is 5.20. The van der Waals surface area contributed by atoms with Gasteiger partial charge in [-0.3, -0.25) is 0 Å². The predicted octanol–water partition coefficient (Wildman–Crippen LogP) is 4.88. The zero-order valence-corrected chi connectivity index (χ0v) is 12.7. The molecular formula is C16H18ClNS. The number of halogens is 1. The highest BCUT2D eigenvalue weighted by Gasteiger charge is 2.20. The van der Waals surface area contributed by atoms with E-state index in [1.807, 2.05) is 23.5 Å². The Kier molecular flexibility index (Phi) is 3.92. The molecule has 0 fully saturated rings. The Hall–Kier alpha value is -0.830. The Labute approximate surface area is 123 Å². The van der Waals surface area contributed by atoms with Crippen molar-refractivity contribution in [2.24, 2.45) is 0 Å². The summed E-state index contributed by atoms with van der Waals surface area (Å²) in [5.41, 5.74) is 4.12. The molecule has 0 spiro atoms. The van der Waals surface area contributed by atoms with Crippen molar-refractivity contribution in [3.05, 3.63) is 56.2 Å². The molecule has 1 aliphatic rings. The number of aryl methyl sites for hydroxylation is 2. The molecule has 1 aromatic carbocycles. The van der Waals surface area contributed by atoms with Gasteiger partial charge in [-0.25, -0.2) is 0 Å². The average molecular weight is 292 g/mol. The topological polar surface area (TPSA) is 12.0 Å². The highest BCUT2D eigenvalue weighted by Crippen LogP contribution is 2.33. The minimum absolute atomic E-state index is 0.519. The molecule has 1 nitrogen and oxygen atoms in total. The van der Waals surface area contributed by atoms with Crippen LogP contribution in [0, 0.1) is 6.92 Å². The largest absolute Gasteiger partial charge is 0.306 e. The smallest absolute Gasteiger partial charge is 0.0408 e. The number of rotatable bonds is 3. The summed E-state index contributed by atoms with van der Waals surface area (Å²) in [6.45, 7) is 3.04. The van der Waals surface area contributed by atoms with Gasteiger partial charge in [0.1, 0.15) is 0 Å². The molecule has 0 saturated heterocycles. The molecule has 1 unspecified atom stereocenters. The van der Waals surface area contributed by atoms with E-state index in [4.69, 9.17) is 11.6 Å². The predicted molar refractivity (Wildman–Crippen MR) is 83.0 cm³/mol. The maximum atomic E-state index is 6.00. The van der Waals surface area contributed by atoms with Crippen molar-refractivity contribution in [3.63, 3.8) is 0 Å². The fourth-order valence-corrected chi connectivity index (χ4v) is 4.00. The normalized spacial score (nSPS) is 18.3. The summed E-state index contributed by atoms with van der Waals surface area (Å²) in [5, 5.41) is 6.74. The van der Waals surface area contributed by atoms with Crippen LogP contribution in [-0.2, 0) is 13.0 Å². The molecule has 3 heteroatoms. The lowest BCUT2D eigenvalue weighted by Crippen LogP contribution is -2.24. The molecule has 2 aromatic rings. The Bertz CT molecular complexity index is 576.